The van der Waals surface area contributed by atoms with Gasteiger partial charge in [0.1, 0.15) is 29.5 Å². The third-order valence-electron chi connectivity index (χ3n) is 5.60. The van der Waals surface area contributed by atoms with Crippen molar-refractivity contribution >= 4 is 17.8 Å². The van der Waals surface area contributed by atoms with Crippen molar-refractivity contribution in [3.05, 3.63) is 53.6 Å². The van der Waals surface area contributed by atoms with Gasteiger partial charge in [-0.3, -0.25) is 4.90 Å². The van der Waals surface area contributed by atoms with Gasteiger partial charge in [-0.2, -0.15) is 9.67 Å². The van der Waals surface area contributed by atoms with E-state index >= 15 is 0 Å². The molecule has 0 saturated carbocycles. The number of halogens is 1. The van der Waals surface area contributed by atoms with Gasteiger partial charge in [-0.15, -0.1) is 5.10 Å². The van der Waals surface area contributed by atoms with E-state index in [1.165, 1.54) is 23.6 Å². The zero-order chi connectivity index (χ0) is 25.0. The van der Waals surface area contributed by atoms with Gasteiger partial charge >= 0.3 is 0 Å². The highest BCUT2D eigenvalue weighted by Crippen LogP contribution is 2.28. The zero-order valence-electron chi connectivity index (χ0n) is 20.3. The van der Waals surface area contributed by atoms with Crippen LogP contribution in [0, 0.1) is 0 Å². The van der Waals surface area contributed by atoms with Crippen molar-refractivity contribution in [2.45, 2.75) is 45.3 Å². The van der Waals surface area contributed by atoms with E-state index in [1.54, 1.807) is 24.2 Å². The standard InChI is InChI=1S/C25H31FN6O3/c1-25(2,3)35-18-8-6-17(7-9-18)32-23(27)29-24(30-32)28-20-10-11-21(22(26)19(20)16-33)34-15-14-31-12-4-5-13-31/h6-11,20H,4-5,12-15H2,1-3H3,(H3,27,28,29,30). The van der Waals surface area contributed by atoms with Gasteiger partial charge in [0.2, 0.25) is 11.9 Å². The quantitative estimate of drug-likeness (QED) is 0.551. The van der Waals surface area contributed by atoms with Gasteiger partial charge in [-0.25, -0.2) is 9.18 Å². The van der Waals surface area contributed by atoms with Gasteiger partial charge in [-0.05, 0) is 77.0 Å². The fourth-order valence-corrected chi connectivity index (χ4v) is 3.98. The lowest BCUT2D eigenvalue weighted by Gasteiger charge is -2.21. The molecular formula is C25H31FN6O3. The van der Waals surface area contributed by atoms with Crippen LogP contribution in [0.5, 0.6) is 5.75 Å². The molecule has 10 heteroatoms. The first-order valence-electron chi connectivity index (χ1n) is 11.7. The number of likely N-dealkylation sites (tertiary alicyclic amines) is 1. The molecule has 1 aromatic heterocycles. The summed E-state index contributed by atoms with van der Waals surface area (Å²) in [5, 5.41) is 7.30. The number of allylic oxidation sites excluding steroid dienone is 1. The maximum absolute atomic E-state index is 14.9. The third-order valence-corrected chi connectivity index (χ3v) is 5.60. The molecule has 1 saturated heterocycles. The molecule has 1 unspecified atom stereocenters. The Bertz CT molecular complexity index is 1150. The fourth-order valence-electron chi connectivity index (χ4n) is 3.98. The summed E-state index contributed by atoms with van der Waals surface area (Å²) in [5.41, 5.74) is 6.20. The number of carbonyl (C=O) groups excluding carboxylic acids is 1. The second-order valence-electron chi connectivity index (χ2n) is 9.49. The second-order valence-corrected chi connectivity index (χ2v) is 9.49. The van der Waals surface area contributed by atoms with E-state index < -0.39 is 11.9 Å². The number of nitrogens with zero attached hydrogens (tertiary/aromatic N) is 4. The minimum absolute atomic E-state index is 0.0242. The molecule has 2 aromatic rings. The molecule has 2 heterocycles. The molecule has 2 aliphatic rings. The smallest absolute Gasteiger partial charge is 0.245 e. The molecule has 35 heavy (non-hydrogen) atoms. The van der Waals surface area contributed by atoms with Crippen molar-refractivity contribution in [3.8, 4) is 11.4 Å². The van der Waals surface area contributed by atoms with Crippen molar-refractivity contribution in [3.63, 3.8) is 0 Å². The van der Waals surface area contributed by atoms with Gasteiger partial charge in [0, 0.05) is 6.54 Å². The van der Waals surface area contributed by atoms with Crippen molar-refractivity contribution < 1.29 is 18.7 Å². The van der Waals surface area contributed by atoms with Crippen molar-refractivity contribution in [1.29, 1.82) is 0 Å². The van der Waals surface area contributed by atoms with E-state index in [0.717, 1.165) is 19.6 Å². The Balaban J connectivity index is 1.41. The van der Waals surface area contributed by atoms with E-state index in [2.05, 4.69) is 20.3 Å². The maximum atomic E-state index is 14.9. The molecule has 0 bridgehead atoms. The van der Waals surface area contributed by atoms with Crippen LogP contribution in [0.2, 0.25) is 0 Å². The van der Waals surface area contributed by atoms with Crippen LogP contribution in [0.4, 0.5) is 16.3 Å². The normalized spacial score (nSPS) is 18.6. The molecule has 9 nitrogen and oxygen atoms in total. The van der Waals surface area contributed by atoms with Gasteiger partial charge in [0.25, 0.3) is 0 Å². The van der Waals surface area contributed by atoms with E-state index in [-0.39, 0.29) is 28.8 Å². The maximum Gasteiger partial charge on any atom is 0.245 e. The topological polar surface area (TPSA) is 108 Å². The number of aromatic nitrogens is 3. The van der Waals surface area contributed by atoms with Crippen molar-refractivity contribution in [1.82, 2.24) is 19.7 Å². The first kappa shape index (κ1) is 24.5. The van der Waals surface area contributed by atoms with Gasteiger partial charge in [-0.1, -0.05) is 6.08 Å². The molecule has 186 valence electrons. The predicted molar refractivity (Wildman–Crippen MR) is 132 cm³/mol. The molecule has 1 aromatic carbocycles. The van der Waals surface area contributed by atoms with E-state index in [1.807, 2.05) is 32.9 Å². The summed E-state index contributed by atoms with van der Waals surface area (Å²) in [5.74, 6) is 1.96. The molecule has 0 amide bonds. The summed E-state index contributed by atoms with van der Waals surface area (Å²) in [6, 6.07) is 6.44. The lowest BCUT2D eigenvalue weighted by Crippen LogP contribution is -2.26. The molecule has 1 aliphatic carbocycles. The van der Waals surface area contributed by atoms with Crippen LogP contribution in [-0.2, 0) is 9.53 Å². The Hall–Kier alpha value is -3.62. The Kier molecular flexibility index (Phi) is 7.23. The average Bonchev–Trinajstić information content (AvgIpc) is 3.44. The number of hydrogen-bond donors (Lipinski definition) is 2. The lowest BCUT2D eigenvalue weighted by atomic mass is 10.0. The fraction of sp³-hybridized carbons (Fsp3) is 0.440. The molecule has 1 fully saturated rings. The zero-order valence-corrected chi connectivity index (χ0v) is 20.3. The Labute approximate surface area is 204 Å². The van der Waals surface area contributed by atoms with Crippen LogP contribution in [0.15, 0.2) is 53.6 Å². The third kappa shape index (κ3) is 6.09. The van der Waals surface area contributed by atoms with Crippen LogP contribution in [-0.4, -0.2) is 63.5 Å². The van der Waals surface area contributed by atoms with Crippen LogP contribution >= 0.6 is 0 Å². The second kappa shape index (κ2) is 10.3. The van der Waals surface area contributed by atoms with Crippen molar-refractivity contribution in [2.24, 2.45) is 0 Å². The van der Waals surface area contributed by atoms with Crippen LogP contribution in [0.3, 0.4) is 0 Å². The highest BCUT2D eigenvalue weighted by atomic mass is 19.1. The monoisotopic (exact) mass is 482 g/mol. The summed E-state index contributed by atoms with van der Waals surface area (Å²) >= 11 is 0. The molecule has 4 rings (SSSR count). The van der Waals surface area contributed by atoms with Gasteiger partial charge in [0.05, 0.1) is 11.7 Å². The average molecular weight is 483 g/mol. The van der Waals surface area contributed by atoms with Crippen molar-refractivity contribution in [2.75, 3.05) is 37.3 Å². The Morgan fingerprint density at radius 1 is 1.23 bits per heavy atom. The minimum Gasteiger partial charge on any atom is -0.489 e. The van der Waals surface area contributed by atoms with Gasteiger partial charge in [0.15, 0.2) is 11.6 Å². The molecular weight excluding hydrogens is 451 g/mol. The van der Waals surface area contributed by atoms with Crippen LogP contribution in [0.25, 0.3) is 5.69 Å². The predicted octanol–water partition coefficient (Wildman–Crippen LogP) is 3.43. The number of rotatable bonds is 8. The van der Waals surface area contributed by atoms with Crippen LogP contribution in [0.1, 0.15) is 33.6 Å². The molecule has 3 N–H and O–H groups in total. The summed E-state index contributed by atoms with van der Waals surface area (Å²) in [6.45, 7) is 9.04. The summed E-state index contributed by atoms with van der Waals surface area (Å²) in [6.07, 6.45) is 5.47. The van der Waals surface area contributed by atoms with Gasteiger partial charge < -0.3 is 20.5 Å². The number of nitrogens with two attached hydrogens (primary N) is 1. The number of hydrogen-bond acceptors (Lipinski definition) is 8. The largest absolute Gasteiger partial charge is 0.489 e. The van der Waals surface area contributed by atoms with E-state index in [4.69, 9.17) is 15.2 Å². The highest BCUT2D eigenvalue weighted by molar-refractivity contribution is 5.67. The summed E-state index contributed by atoms with van der Waals surface area (Å²) < 4.78 is 27.8. The van der Waals surface area contributed by atoms with E-state index in [9.17, 15) is 9.18 Å². The summed E-state index contributed by atoms with van der Waals surface area (Å²) in [7, 11) is 0. The minimum atomic E-state index is -0.809. The summed E-state index contributed by atoms with van der Waals surface area (Å²) in [4.78, 5) is 18.0. The van der Waals surface area contributed by atoms with E-state index in [0.29, 0.717) is 18.0 Å². The number of anilines is 2. The first-order chi connectivity index (χ1) is 16.7. The molecule has 0 radical (unpaired) electrons. The number of nitrogens with one attached hydrogen (secondary N) is 1. The molecule has 1 aliphatic heterocycles. The Morgan fingerprint density at radius 3 is 2.60 bits per heavy atom. The van der Waals surface area contributed by atoms with Crippen LogP contribution < -0.4 is 15.8 Å². The highest BCUT2D eigenvalue weighted by Gasteiger charge is 2.27. The number of benzene rings is 1. The lowest BCUT2D eigenvalue weighted by molar-refractivity contribution is 0.131. The SMILES string of the molecule is CC(C)(C)Oc1ccc(-n2nc(NC3C=CC(OCCN4CCCC4)=C(F)C3=C=O)nc2N)cc1. The number of ether oxygens (including phenoxy) is 2. The molecule has 0 spiro atoms. The first-order valence-corrected chi connectivity index (χ1v) is 11.7. The number of nitrogen functional groups attached to an aromatic ring is 1. The Morgan fingerprint density at radius 2 is 1.94 bits per heavy atom. The molecule has 1 atom stereocenters.